The van der Waals surface area contributed by atoms with Gasteiger partial charge in [0.05, 0.1) is 6.07 Å². The predicted molar refractivity (Wildman–Crippen MR) is 43.5 cm³/mol. The monoisotopic (exact) mass is 139 g/mol. The van der Waals surface area contributed by atoms with Gasteiger partial charge in [-0.05, 0) is 12.3 Å². The lowest BCUT2D eigenvalue weighted by Gasteiger charge is -2.06. The van der Waals surface area contributed by atoms with E-state index in [4.69, 9.17) is 5.26 Å². The molecule has 0 saturated carbocycles. The van der Waals surface area contributed by atoms with Crippen molar-refractivity contribution < 1.29 is 0 Å². The molecular weight excluding hydrogens is 122 g/mol. The third-order valence-electron chi connectivity index (χ3n) is 1.80. The van der Waals surface area contributed by atoms with Crippen LogP contribution >= 0.6 is 0 Å². The van der Waals surface area contributed by atoms with Crippen LogP contribution in [0.4, 0.5) is 0 Å². The van der Waals surface area contributed by atoms with E-state index in [0.717, 1.165) is 18.8 Å². The summed E-state index contributed by atoms with van der Waals surface area (Å²) in [4.78, 5) is 0. The van der Waals surface area contributed by atoms with E-state index in [-0.39, 0.29) is 0 Å². The molecule has 0 spiro atoms. The zero-order chi connectivity index (χ0) is 7.82. The molecule has 10 heavy (non-hydrogen) atoms. The highest BCUT2D eigenvalue weighted by Crippen LogP contribution is 2.12. The summed E-state index contributed by atoms with van der Waals surface area (Å²) in [6.45, 7) is 4.43. The minimum Gasteiger partial charge on any atom is -0.198 e. The quantitative estimate of drug-likeness (QED) is 0.574. The smallest absolute Gasteiger partial charge is 0.0621 e. The number of hydrogen-bond donors (Lipinski definition) is 0. The van der Waals surface area contributed by atoms with Crippen molar-refractivity contribution in [2.24, 2.45) is 5.92 Å². The van der Waals surface area contributed by atoms with Crippen molar-refractivity contribution in [2.75, 3.05) is 0 Å². The zero-order valence-corrected chi connectivity index (χ0v) is 7.06. The predicted octanol–water partition coefficient (Wildman–Crippen LogP) is 3.12. The van der Waals surface area contributed by atoms with Gasteiger partial charge in [-0.2, -0.15) is 5.26 Å². The van der Waals surface area contributed by atoms with E-state index < -0.39 is 0 Å². The maximum Gasteiger partial charge on any atom is 0.0621 e. The van der Waals surface area contributed by atoms with Gasteiger partial charge >= 0.3 is 0 Å². The molecule has 0 aliphatic rings. The molecule has 0 N–H and O–H groups in total. The highest BCUT2D eigenvalue weighted by atomic mass is 14.2. The van der Waals surface area contributed by atoms with E-state index in [9.17, 15) is 0 Å². The van der Waals surface area contributed by atoms with Crippen molar-refractivity contribution in [3.63, 3.8) is 0 Å². The highest BCUT2D eigenvalue weighted by molar-refractivity contribution is 4.70. The van der Waals surface area contributed by atoms with Crippen molar-refractivity contribution in [1.29, 1.82) is 5.26 Å². The number of rotatable bonds is 5. The lowest BCUT2D eigenvalue weighted by Crippen LogP contribution is -1.92. The van der Waals surface area contributed by atoms with Gasteiger partial charge in [-0.25, -0.2) is 0 Å². The van der Waals surface area contributed by atoms with Crippen molar-refractivity contribution in [3.05, 3.63) is 0 Å². The summed E-state index contributed by atoms with van der Waals surface area (Å²) in [5, 5.41) is 8.29. The first kappa shape index (κ1) is 9.49. The minimum absolute atomic E-state index is 0.727. The second-order valence-corrected chi connectivity index (χ2v) is 2.94. The number of nitrogens with zero attached hydrogens (tertiary/aromatic N) is 1. The van der Waals surface area contributed by atoms with Gasteiger partial charge in [0.1, 0.15) is 0 Å². The maximum absolute atomic E-state index is 8.29. The van der Waals surface area contributed by atoms with Crippen molar-refractivity contribution in [1.82, 2.24) is 0 Å². The van der Waals surface area contributed by atoms with E-state index in [1.165, 1.54) is 19.3 Å². The molecule has 0 aliphatic carbocycles. The van der Waals surface area contributed by atoms with E-state index >= 15 is 0 Å². The molecule has 0 bridgehead atoms. The Kier molecular flexibility index (Phi) is 6.27. The minimum atomic E-state index is 0.727. The Bertz CT molecular complexity index is 102. The second kappa shape index (κ2) is 6.61. The molecule has 1 atom stereocenters. The first-order valence-corrected chi connectivity index (χ1v) is 4.18. The molecular formula is C9H17N. The Morgan fingerprint density at radius 3 is 2.60 bits per heavy atom. The Labute approximate surface area is 64.1 Å². The second-order valence-electron chi connectivity index (χ2n) is 2.94. The van der Waals surface area contributed by atoms with Crippen LogP contribution in [0.5, 0.6) is 0 Å². The van der Waals surface area contributed by atoms with Crippen LogP contribution in [-0.4, -0.2) is 0 Å². The molecule has 58 valence electrons. The summed E-state index contributed by atoms with van der Waals surface area (Å²) in [5.41, 5.74) is 0. The zero-order valence-electron chi connectivity index (χ0n) is 7.06. The van der Waals surface area contributed by atoms with Gasteiger partial charge in [0.15, 0.2) is 0 Å². The van der Waals surface area contributed by atoms with Crippen LogP contribution < -0.4 is 0 Å². The van der Waals surface area contributed by atoms with Crippen LogP contribution in [0.2, 0.25) is 0 Å². The normalized spacial score (nSPS) is 12.5. The molecule has 0 aromatic heterocycles. The van der Waals surface area contributed by atoms with Crippen LogP contribution in [0.15, 0.2) is 0 Å². The van der Waals surface area contributed by atoms with Gasteiger partial charge in [0, 0.05) is 6.42 Å². The summed E-state index contributed by atoms with van der Waals surface area (Å²) in [5.74, 6) is 0.750. The van der Waals surface area contributed by atoms with E-state index in [1.54, 1.807) is 0 Å². The van der Waals surface area contributed by atoms with E-state index in [0.29, 0.717) is 0 Å². The summed E-state index contributed by atoms with van der Waals surface area (Å²) in [6, 6.07) is 2.18. The van der Waals surface area contributed by atoms with Crippen LogP contribution in [-0.2, 0) is 0 Å². The van der Waals surface area contributed by atoms with E-state index in [2.05, 4.69) is 19.9 Å². The molecule has 0 heterocycles. The molecule has 0 radical (unpaired) electrons. The number of unbranched alkanes of at least 4 members (excludes halogenated alkanes) is 1. The Morgan fingerprint density at radius 1 is 1.40 bits per heavy atom. The third-order valence-corrected chi connectivity index (χ3v) is 1.80. The van der Waals surface area contributed by atoms with Gasteiger partial charge in [0.25, 0.3) is 0 Å². The van der Waals surface area contributed by atoms with Gasteiger partial charge in [0.2, 0.25) is 0 Å². The fourth-order valence-corrected chi connectivity index (χ4v) is 1.01. The van der Waals surface area contributed by atoms with Gasteiger partial charge < -0.3 is 0 Å². The summed E-state index contributed by atoms with van der Waals surface area (Å²) < 4.78 is 0. The van der Waals surface area contributed by atoms with Gasteiger partial charge in [-0.1, -0.05) is 33.1 Å². The topological polar surface area (TPSA) is 23.8 Å². The molecule has 0 fully saturated rings. The summed E-state index contributed by atoms with van der Waals surface area (Å²) >= 11 is 0. The maximum atomic E-state index is 8.29. The van der Waals surface area contributed by atoms with E-state index in [1.807, 2.05) is 0 Å². The SMILES string of the molecule is CCCC[C@@H](C)CCC#N. The average molecular weight is 139 g/mol. The Morgan fingerprint density at radius 2 is 2.10 bits per heavy atom. The molecule has 0 rings (SSSR count). The summed E-state index contributed by atoms with van der Waals surface area (Å²) in [6.07, 6.45) is 5.68. The standard InChI is InChI=1S/C9H17N/c1-3-4-6-9(2)7-5-8-10/h9H,3-7H2,1-2H3/t9-/m1/s1. The number of hydrogen-bond acceptors (Lipinski definition) is 1. The first-order chi connectivity index (χ1) is 4.81. The summed E-state index contributed by atoms with van der Waals surface area (Å²) in [7, 11) is 0. The van der Waals surface area contributed by atoms with Crippen molar-refractivity contribution >= 4 is 0 Å². The average Bonchev–Trinajstić information content (AvgIpc) is 1.97. The lowest BCUT2D eigenvalue weighted by atomic mass is 10.00. The fourth-order valence-electron chi connectivity index (χ4n) is 1.01. The third kappa shape index (κ3) is 5.62. The molecule has 0 aliphatic heterocycles. The Hall–Kier alpha value is -0.510. The van der Waals surface area contributed by atoms with Crippen LogP contribution in [0.1, 0.15) is 46.0 Å². The molecule has 1 nitrogen and oxygen atoms in total. The van der Waals surface area contributed by atoms with Gasteiger partial charge in [-0.15, -0.1) is 0 Å². The molecule has 0 saturated heterocycles. The van der Waals surface area contributed by atoms with Crippen molar-refractivity contribution in [2.45, 2.75) is 46.0 Å². The molecule has 1 heteroatoms. The highest BCUT2D eigenvalue weighted by Gasteiger charge is 1.99. The first-order valence-electron chi connectivity index (χ1n) is 4.18. The lowest BCUT2D eigenvalue weighted by molar-refractivity contribution is 0.477. The molecule has 0 aromatic rings. The molecule has 0 unspecified atom stereocenters. The van der Waals surface area contributed by atoms with Crippen LogP contribution in [0, 0.1) is 17.2 Å². The molecule has 0 aromatic carbocycles. The van der Waals surface area contributed by atoms with Crippen LogP contribution in [0.25, 0.3) is 0 Å². The Balaban J connectivity index is 3.10. The largest absolute Gasteiger partial charge is 0.198 e. The number of nitriles is 1. The van der Waals surface area contributed by atoms with Crippen molar-refractivity contribution in [3.8, 4) is 6.07 Å². The fraction of sp³-hybridized carbons (Fsp3) is 0.889. The van der Waals surface area contributed by atoms with Crippen LogP contribution in [0.3, 0.4) is 0 Å². The van der Waals surface area contributed by atoms with Gasteiger partial charge in [-0.3, -0.25) is 0 Å². The molecule has 0 amide bonds.